The summed E-state index contributed by atoms with van der Waals surface area (Å²) in [4.78, 5) is 28.1. The summed E-state index contributed by atoms with van der Waals surface area (Å²) >= 11 is 0. The second-order valence-corrected chi connectivity index (χ2v) is 10.2. The van der Waals surface area contributed by atoms with Gasteiger partial charge in [-0.25, -0.2) is 4.79 Å². The molecule has 1 fully saturated rings. The van der Waals surface area contributed by atoms with Crippen LogP contribution in [0.25, 0.3) is 0 Å². The third-order valence-electron chi connectivity index (χ3n) is 7.79. The molecule has 1 aromatic heterocycles. The predicted octanol–water partition coefficient (Wildman–Crippen LogP) is 2.60. The van der Waals surface area contributed by atoms with E-state index in [0.29, 0.717) is 16.7 Å². The van der Waals surface area contributed by atoms with Crippen molar-refractivity contribution in [2.45, 2.75) is 42.9 Å². The van der Waals surface area contributed by atoms with Crippen LogP contribution in [0.2, 0.25) is 0 Å². The van der Waals surface area contributed by atoms with Crippen LogP contribution in [-0.2, 0) is 30.3 Å². The number of aromatic nitrogens is 2. The van der Waals surface area contributed by atoms with Crippen LogP contribution in [0.4, 0.5) is 0 Å². The number of aliphatic hydroxyl groups excluding tert-OH is 2. The van der Waals surface area contributed by atoms with E-state index in [1.807, 2.05) is 91.0 Å². The molecule has 3 atom stereocenters. The molecule has 1 saturated heterocycles. The summed E-state index contributed by atoms with van der Waals surface area (Å²) in [5, 5.41) is 21.2. The molecular weight excluding hydrogens is 540 g/mol. The lowest BCUT2D eigenvalue weighted by Gasteiger charge is -2.50. The van der Waals surface area contributed by atoms with Gasteiger partial charge in [0.2, 0.25) is 5.72 Å². The standard InChI is InChI=1S/C32H34N2O8/c1-22-20-34(29(38)33-28(22)37)30(19-26(36)27(21-35)41-30)32(39-2,40-3)42-31(23-13-7-4-8-14-23,24-15-9-5-10-16-24)25-17-11-6-12-18-25/h4-18,20,26-27,35-36H,19,21H2,1-3H3,(H,33,37,38)/t26-,27+,30-/m0/s1. The van der Waals surface area contributed by atoms with Crippen LogP contribution < -0.4 is 11.2 Å². The number of nitrogens with zero attached hydrogens (tertiary/aromatic N) is 1. The number of hydrogen-bond donors (Lipinski definition) is 3. The van der Waals surface area contributed by atoms with Gasteiger partial charge < -0.3 is 29.2 Å². The van der Waals surface area contributed by atoms with Gasteiger partial charge in [-0.1, -0.05) is 91.0 Å². The van der Waals surface area contributed by atoms with E-state index in [1.165, 1.54) is 27.3 Å². The molecule has 42 heavy (non-hydrogen) atoms. The highest BCUT2D eigenvalue weighted by molar-refractivity contribution is 5.47. The van der Waals surface area contributed by atoms with Gasteiger partial charge in [0.15, 0.2) is 0 Å². The van der Waals surface area contributed by atoms with Crippen LogP contribution in [0, 0.1) is 6.92 Å². The number of benzene rings is 3. The van der Waals surface area contributed by atoms with Crippen molar-refractivity contribution in [1.82, 2.24) is 9.55 Å². The van der Waals surface area contributed by atoms with Crippen LogP contribution in [0.15, 0.2) is 107 Å². The highest BCUT2D eigenvalue weighted by atomic mass is 16.9. The van der Waals surface area contributed by atoms with Crippen molar-refractivity contribution >= 4 is 0 Å². The molecule has 220 valence electrons. The van der Waals surface area contributed by atoms with Gasteiger partial charge in [-0.3, -0.25) is 14.3 Å². The molecule has 0 unspecified atom stereocenters. The van der Waals surface area contributed by atoms with E-state index in [1.54, 1.807) is 0 Å². The molecular formula is C32H34N2O8. The summed E-state index contributed by atoms with van der Waals surface area (Å²) in [6, 6.07) is 28.3. The first-order valence-corrected chi connectivity index (χ1v) is 13.5. The number of nitrogens with one attached hydrogen (secondary N) is 1. The molecule has 0 spiro atoms. The van der Waals surface area contributed by atoms with Gasteiger partial charge in [0.1, 0.15) is 11.7 Å². The van der Waals surface area contributed by atoms with Crippen molar-refractivity contribution < 1.29 is 29.2 Å². The maximum Gasteiger partial charge on any atom is 0.335 e. The summed E-state index contributed by atoms with van der Waals surface area (Å²) in [6.07, 6.45) is -1.36. The third-order valence-corrected chi connectivity index (χ3v) is 7.79. The lowest BCUT2D eigenvalue weighted by Crippen LogP contribution is -2.65. The minimum atomic E-state index is -2.26. The first-order chi connectivity index (χ1) is 20.3. The Morgan fingerprint density at radius 3 is 1.79 bits per heavy atom. The monoisotopic (exact) mass is 574 g/mol. The normalized spacial score (nSPS) is 21.0. The molecule has 10 nitrogen and oxygen atoms in total. The molecule has 0 radical (unpaired) electrons. The molecule has 1 aliphatic rings. The Morgan fingerprint density at radius 2 is 1.38 bits per heavy atom. The van der Waals surface area contributed by atoms with Crippen LogP contribution in [0.3, 0.4) is 0 Å². The molecule has 10 heteroatoms. The second kappa shape index (κ2) is 11.8. The Balaban J connectivity index is 1.87. The van der Waals surface area contributed by atoms with E-state index >= 15 is 0 Å². The van der Waals surface area contributed by atoms with E-state index in [4.69, 9.17) is 18.9 Å². The van der Waals surface area contributed by atoms with Gasteiger partial charge in [-0.15, -0.1) is 0 Å². The van der Waals surface area contributed by atoms with Crippen molar-refractivity contribution in [2.24, 2.45) is 0 Å². The van der Waals surface area contributed by atoms with Crippen molar-refractivity contribution in [3.05, 3.63) is 140 Å². The number of aliphatic hydroxyl groups is 2. The molecule has 5 rings (SSSR count). The zero-order valence-corrected chi connectivity index (χ0v) is 23.6. The fourth-order valence-electron chi connectivity index (χ4n) is 5.75. The van der Waals surface area contributed by atoms with Crippen molar-refractivity contribution in [2.75, 3.05) is 20.8 Å². The molecule has 1 aliphatic heterocycles. The predicted molar refractivity (Wildman–Crippen MR) is 154 cm³/mol. The fourth-order valence-corrected chi connectivity index (χ4v) is 5.75. The summed E-state index contributed by atoms with van der Waals surface area (Å²) in [5.41, 5.74) is -2.56. The summed E-state index contributed by atoms with van der Waals surface area (Å²) in [7, 11) is 2.67. The fraction of sp³-hybridized carbons (Fsp3) is 0.312. The minimum absolute atomic E-state index is 0.195. The summed E-state index contributed by atoms with van der Waals surface area (Å²) in [5.74, 6) is -2.26. The largest absolute Gasteiger partial charge is 0.394 e. The number of ether oxygens (including phenoxy) is 4. The van der Waals surface area contributed by atoms with Gasteiger partial charge >= 0.3 is 11.7 Å². The molecule has 3 N–H and O–H groups in total. The average Bonchev–Trinajstić information content (AvgIpc) is 3.38. The van der Waals surface area contributed by atoms with Gasteiger partial charge in [-0.05, 0) is 23.6 Å². The Bertz CT molecular complexity index is 1510. The number of methoxy groups -OCH3 is 2. The zero-order chi connectivity index (χ0) is 30.0. The Labute approximate surface area is 242 Å². The van der Waals surface area contributed by atoms with Gasteiger partial charge in [-0.2, -0.15) is 0 Å². The van der Waals surface area contributed by atoms with Crippen LogP contribution in [0.5, 0.6) is 0 Å². The Kier molecular flexibility index (Phi) is 8.29. The van der Waals surface area contributed by atoms with Crippen LogP contribution in [0.1, 0.15) is 28.7 Å². The highest BCUT2D eigenvalue weighted by Crippen LogP contribution is 2.52. The van der Waals surface area contributed by atoms with Crippen LogP contribution >= 0.6 is 0 Å². The Morgan fingerprint density at radius 1 is 0.905 bits per heavy atom. The summed E-state index contributed by atoms with van der Waals surface area (Å²) in [6.45, 7) is 0.965. The number of hydrogen-bond acceptors (Lipinski definition) is 8. The molecule has 0 bridgehead atoms. The molecule has 0 aliphatic carbocycles. The highest BCUT2D eigenvalue weighted by Gasteiger charge is 2.67. The third kappa shape index (κ3) is 4.72. The number of aromatic amines is 1. The van der Waals surface area contributed by atoms with Gasteiger partial charge in [0, 0.05) is 32.4 Å². The van der Waals surface area contributed by atoms with E-state index < -0.39 is 47.4 Å². The minimum Gasteiger partial charge on any atom is -0.394 e. The van der Waals surface area contributed by atoms with Crippen molar-refractivity contribution in [3.63, 3.8) is 0 Å². The number of aryl methyl sites for hydroxylation is 1. The Hall–Kier alpha value is -3.90. The topological polar surface area (TPSA) is 132 Å². The molecule has 3 aromatic carbocycles. The second-order valence-electron chi connectivity index (χ2n) is 10.2. The lowest BCUT2D eigenvalue weighted by atomic mass is 9.79. The SMILES string of the molecule is COC(OC)(OC(c1ccccc1)(c1ccccc1)c1ccccc1)[C@]1(n2cc(C)c(=O)[nH]c2=O)C[C@H](O)[C@@H](CO)O1. The first kappa shape index (κ1) is 29.6. The van der Waals surface area contributed by atoms with Gasteiger partial charge in [0.25, 0.3) is 5.56 Å². The van der Waals surface area contributed by atoms with Crippen molar-refractivity contribution in [1.29, 1.82) is 0 Å². The molecule has 2 heterocycles. The van der Waals surface area contributed by atoms with E-state index in [0.717, 1.165) is 4.57 Å². The van der Waals surface area contributed by atoms with Gasteiger partial charge in [0.05, 0.1) is 12.7 Å². The zero-order valence-electron chi connectivity index (χ0n) is 23.6. The molecule has 4 aromatic rings. The van der Waals surface area contributed by atoms with Crippen molar-refractivity contribution in [3.8, 4) is 0 Å². The molecule has 0 saturated carbocycles. The lowest BCUT2D eigenvalue weighted by molar-refractivity contribution is -0.471. The van der Waals surface area contributed by atoms with E-state index in [-0.39, 0.29) is 12.0 Å². The average molecular weight is 575 g/mol. The maximum atomic E-state index is 13.5. The maximum absolute atomic E-state index is 13.5. The van der Waals surface area contributed by atoms with E-state index in [2.05, 4.69) is 4.98 Å². The number of rotatable bonds is 10. The molecule has 0 amide bonds. The van der Waals surface area contributed by atoms with E-state index in [9.17, 15) is 19.8 Å². The quantitative estimate of drug-likeness (QED) is 0.195. The first-order valence-electron chi connectivity index (χ1n) is 13.5. The van der Waals surface area contributed by atoms with Crippen LogP contribution in [-0.4, -0.2) is 58.8 Å². The smallest absolute Gasteiger partial charge is 0.335 e. The number of H-pyrrole nitrogens is 1. The summed E-state index contributed by atoms with van der Waals surface area (Å²) < 4.78 is 26.8.